The Morgan fingerprint density at radius 2 is 1.87 bits per heavy atom. The number of Topliss-reactive ketones (excluding diaryl/α,β-unsaturated/α-hetero) is 1. The lowest BCUT2D eigenvalue weighted by Crippen LogP contribution is -2.78. The number of quaternary nitrogens is 1. The average molecular weight is 695 g/mol. The van der Waals surface area contributed by atoms with Gasteiger partial charge in [-0.1, -0.05) is 59.3 Å². The molecule has 0 fully saturated rings. The molecule has 4 rings (SSSR count). The van der Waals surface area contributed by atoms with E-state index in [-0.39, 0.29) is 16.6 Å². The van der Waals surface area contributed by atoms with E-state index in [1.54, 1.807) is 18.9 Å². The number of allylic oxidation sites excluding steroid dienone is 6. The molecule has 0 bridgehead atoms. The predicted octanol–water partition coefficient (Wildman–Crippen LogP) is 9.88. The van der Waals surface area contributed by atoms with Crippen molar-refractivity contribution in [1.29, 1.82) is 0 Å². The second-order valence-corrected chi connectivity index (χ2v) is 16.6. The number of thioether (sulfide) groups is 1. The molecular weight excluding hydrogens is 635 g/mol. The summed E-state index contributed by atoms with van der Waals surface area (Å²) in [5, 5.41) is 2.42. The van der Waals surface area contributed by atoms with Crippen LogP contribution in [-0.2, 0) is 15.6 Å². The van der Waals surface area contributed by atoms with Gasteiger partial charge in [0.2, 0.25) is 0 Å². The molecule has 2 aromatic carbocycles. The highest BCUT2D eigenvalue weighted by Gasteiger charge is 2.39. The van der Waals surface area contributed by atoms with Crippen molar-refractivity contribution in [3.05, 3.63) is 82.6 Å². The maximum Gasteiger partial charge on any atom is 0.133 e. The van der Waals surface area contributed by atoms with E-state index in [9.17, 15) is 4.79 Å². The Kier molecular flexibility index (Phi) is 15.3. The summed E-state index contributed by atoms with van der Waals surface area (Å²) < 4.78 is 2.24. The van der Waals surface area contributed by atoms with Crippen LogP contribution in [0.15, 0.2) is 81.3 Å². The van der Waals surface area contributed by atoms with Gasteiger partial charge in [0.1, 0.15) is 11.5 Å². The molecule has 2 aromatic rings. The summed E-state index contributed by atoms with van der Waals surface area (Å²) in [5.41, 5.74) is 9.59. The third-order valence-corrected chi connectivity index (χ3v) is 11.2. The van der Waals surface area contributed by atoms with Gasteiger partial charge < -0.3 is 15.0 Å². The summed E-state index contributed by atoms with van der Waals surface area (Å²) in [5.74, 6) is 1.47. The number of benzene rings is 2. The number of carbonyl (C=O) groups is 1. The van der Waals surface area contributed by atoms with Gasteiger partial charge in [-0.05, 0) is 117 Å². The minimum Gasteiger partial charge on any atom is -0.347 e. The third kappa shape index (κ3) is 10.8. The molecule has 1 aliphatic carbocycles. The molecule has 0 atom stereocenters. The Labute approximate surface area is 300 Å². The molecule has 0 spiro atoms. The summed E-state index contributed by atoms with van der Waals surface area (Å²) in [6, 6.07) is 13.5. The molecule has 2 aliphatic rings. The Balaban J connectivity index is 0.00000294. The molecule has 258 valence electrons. The number of hydrogen-bond acceptors (Lipinski definition) is 6. The molecule has 47 heavy (non-hydrogen) atoms. The quantitative estimate of drug-likeness (QED) is 0.0841. The first-order valence-corrected chi connectivity index (χ1v) is 20.0. The number of rotatable bonds is 15. The molecule has 1 aliphatic heterocycles. The second kappa shape index (κ2) is 18.2. The van der Waals surface area contributed by atoms with Crippen LogP contribution in [0.3, 0.4) is 0 Å². The molecule has 0 radical (unpaired) electrons. The van der Waals surface area contributed by atoms with Crippen LogP contribution in [0.4, 0.5) is 11.4 Å². The van der Waals surface area contributed by atoms with E-state index in [4.69, 9.17) is 12.6 Å². The van der Waals surface area contributed by atoms with Crippen LogP contribution in [0.2, 0.25) is 0 Å². The van der Waals surface area contributed by atoms with Crippen LogP contribution in [0.5, 0.6) is 0 Å². The smallest absolute Gasteiger partial charge is 0.133 e. The van der Waals surface area contributed by atoms with Gasteiger partial charge in [0.05, 0.1) is 6.54 Å². The first-order valence-electron chi connectivity index (χ1n) is 17.4. The van der Waals surface area contributed by atoms with Gasteiger partial charge in [-0.15, -0.1) is 12.6 Å². The number of likely N-dealkylation sites (N-methyl/N-ethyl adjacent to an activating group) is 1. The maximum atomic E-state index is 11.3. The van der Waals surface area contributed by atoms with Crippen molar-refractivity contribution < 1.29 is 10.1 Å². The van der Waals surface area contributed by atoms with Crippen LogP contribution in [0.1, 0.15) is 98.1 Å². The molecule has 7 heteroatoms. The minimum atomic E-state index is -0.0796. The monoisotopic (exact) mass is 694 g/mol. The van der Waals surface area contributed by atoms with Gasteiger partial charge >= 0.3 is 0 Å². The van der Waals surface area contributed by atoms with Crippen molar-refractivity contribution >= 4 is 53.5 Å². The number of ketones is 1. The Morgan fingerprint density at radius 3 is 2.57 bits per heavy atom. The lowest BCUT2D eigenvalue weighted by molar-refractivity contribution is -0.572. The molecule has 4 nitrogen and oxygen atoms in total. The fourth-order valence-corrected chi connectivity index (χ4v) is 8.06. The van der Waals surface area contributed by atoms with E-state index in [1.165, 1.54) is 56.4 Å². The second-order valence-electron chi connectivity index (χ2n) is 13.8. The lowest BCUT2D eigenvalue weighted by Gasteiger charge is -2.26. The first-order chi connectivity index (χ1) is 22.3. The number of carbonyl (C=O) groups excluding carboxylic acids is 1. The Bertz CT molecular complexity index is 1460. The standard InChI is InChI=1S/C38H53N3OS3.C2H6/c1-27(42)11-9-21-40(6)45-31-15-17-35-33(26-31)38(4,5)36(41(35)7)24-29-13-12-28(23-29)18-19-37(2,3)32-25-30(43)14-16-34(32)39-20-10-22-44-8;1-2/h14-18,23-26,39,43H,9-13,19-22H2,1-8H3;1-2H3/p+1/b28-18+,36-24+;. The van der Waals surface area contributed by atoms with E-state index in [0.717, 1.165) is 43.7 Å². The number of nitrogens with two attached hydrogens (primary N) is 1. The number of hydrogen-bond donors (Lipinski definition) is 2. The van der Waals surface area contributed by atoms with Crippen molar-refractivity contribution in [3.63, 3.8) is 0 Å². The minimum absolute atomic E-state index is 0.0264. The van der Waals surface area contributed by atoms with Crippen molar-refractivity contribution in [1.82, 2.24) is 4.31 Å². The SMILES string of the molecule is CC.CSCCC[NH2+]c1ccc(S)cc1C(C)(C)C/C=C1C=C(/C=C2/N(C)c3ccc(SN(C)CCCC(C)=O)cc3C2(C)C)CC/1. The fourth-order valence-electron chi connectivity index (χ4n) is 6.52. The van der Waals surface area contributed by atoms with Crippen molar-refractivity contribution in [2.24, 2.45) is 0 Å². The van der Waals surface area contributed by atoms with Gasteiger partial charge in [0, 0.05) is 64.7 Å². The molecule has 0 aromatic heterocycles. The molecule has 2 N–H and O–H groups in total. The highest BCUT2D eigenvalue weighted by atomic mass is 32.2. The van der Waals surface area contributed by atoms with Crippen molar-refractivity contribution in [2.75, 3.05) is 44.1 Å². The zero-order chi connectivity index (χ0) is 34.8. The topological polar surface area (TPSA) is 40.2 Å². The van der Waals surface area contributed by atoms with E-state index >= 15 is 0 Å². The molecular formula is C40H60N3OS3+. The summed E-state index contributed by atoms with van der Waals surface area (Å²) in [6.07, 6.45) is 15.5. The maximum absolute atomic E-state index is 11.3. The number of nitrogens with zero attached hydrogens (tertiary/aromatic N) is 2. The molecule has 0 saturated heterocycles. The fraction of sp³-hybridized carbons (Fsp3) is 0.525. The van der Waals surface area contributed by atoms with Crippen LogP contribution >= 0.6 is 36.3 Å². The normalized spacial score (nSPS) is 17.3. The van der Waals surface area contributed by atoms with Gasteiger partial charge in [-0.25, -0.2) is 4.31 Å². The van der Waals surface area contributed by atoms with E-state index in [1.807, 2.05) is 25.6 Å². The van der Waals surface area contributed by atoms with Crippen LogP contribution < -0.4 is 10.2 Å². The number of fused-ring (bicyclic) bond motifs is 1. The summed E-state index contributed by atoms with van der Waals surface area (Å²) >= 11 is 8.38. The lowest BCUT2D eigenvalue weighted by atomic mass is 9.80. The van der Waals surface area contributed by atoms with E-state index < -0.39 is 0 Å². The average Bonchev–Trinajstić information content (AvgIpc) is 3.56. The van der Waals surface area contributed by atoms with Crippen LogP contribution in [0, 0.1) is 0 Å². The Morgan fingerprint density at radius 1 is 1.13 bits per heavy atom. The summed E-state index contributed by atoms with van der Waals surface area (Å²) in [4.78, 5) is 16.0. The van der Waals surface area contributed by atoms with Gasteiger partial charge in [0.25, 0.3) is 0 Å². The zero-order valence-electron chi connectivity index (χ0n) is 30.7. The first kappa shape index (κ1) is 39.5. The number of anilines is 1. The number of thiol groups is 1. The van der Waals surface area contributed by atoms with Gasteiger partial charge in [-0.3, -0.25) is 0 Å². The molecule has 1 heterocycles. The highest BCUT2D eigenvalue weighted by molar-refractivity contribution is 7.98. The molecule has 0 amide bonds. The van der Waals surface area contributed by atoms with E-state index in [0.29, 0.717) is 6.42 Å². The molecule has 0 saturated carbocycles. The van der Waals surface area contributed by atoms with Gasteiger partial charge in [0.15, 0.2) is 0 Å². The zero-order valence-corrected chi connectivity index (χ0v) is 33.2. The summed E-state index contributed by atoms with van der Waals surface area (Å²) in [6.45, 7) is 17.1. The van der Waals surface area contributed by atoms with Crippen molar-refractivity contribution in [2.45, 2.75) is 108 Å². The van der Waals surface area contributed by atoms with Crippen LogP contribution in [-0.4, -0.2) is 49.3 Å². The van der Waals surface area contributed by atoms with Crippen molar-refractivity contribution in [3.8, 4) is 0 Å². The predicted molar refractivity (Wildman–Crippen MR) is 212 cm³/mol. The largest absolute Gasteiger partial charge is 0.347 e. The molecule has 0 unspecified atom stereocenters. The van der Waals surface area contributed by atoms with Gasteiger partial charge in [-0.2, -0.15) is 11.8 Å². The Hall–Kier alpha value is -1.90. The van der Waals surface area contributed by atoms with Crippen LogP contribution in [0.25, 0.3) is 0 Å². The highest BCUT2D eigenvalue weighted by Crippen LogP contribution is 2.49. The van der Waals surface area contributed by atoms with E-state index in [2.05, 4.69) is 117 Å². The summed E-state index contributed by atoms with van der Waals surface area (Å²) in [7, 11) is 4.32. The third-order valence-electron chi connectivity index (χ3n) is 9.22.